The van der Waals surface area contributed by atoms with E-state index in [9.17, 15) is 17.6 Å². The van der Waals surface area contributed by atoms with Gasteiger partial charge >= 0.3 is 6.61 Å². The topological polar surface area (TPSA) is 78.4 Å². The zero-order valence-electron chi connectivity index (χ0n) is 21.6. The minimum atomic E-state index is -2.92. The fourth-order valence-corrected chi connectivity index (χ4v) is 5.19. The molecule has 4 heterocycles. The number of pyridine rings is 1. The molecule has 0 aliphatic carbocycles. The number of aryl methyl sites for hydroxylation is 2. The number of alkyl halides is 4. The van der Waals surface area contributed by atoms with E-state index in [0.29, 0.717) is 51.5 Å². The SMILES string of the molecule is COc1cc2c(cc1-c1c(C)noc1C)ncc1nc(CN3CCC(F)(F)CC3)n([C@@H](C)COC(F)F)c12. The van der Waals surface area contributed by atoms with E-state index in [-0.39, 0.29) is 32.5 Å². The van der Waals surface area contributed by atoms with Crippen molar-refractivity contribution in [1.29, 1.82) is 0 Å². The van der Waals surface area contributed by atoms with Crippen LogP contribution in [0.3, 0.4) is 0 Å². The van der Waals surface area contributed by atoms with E-state index in [4.69, 9.17) is 14.2 Å². The van der Waals surface area contributed by atoms with Crippen molar-refractivity contribution in [1.82, 2.24) is 24.6 Å². The van der Waals surface area contributed by atoms with E-state index in [1.807, 2.05) is 35.4 Å². The number of hydrogen-bond donors (Lipinski definition) is 0. The number of likely N-dealkylation sites (tertiary alicyclic amines) is 1. The molecule has 0 N–H and O–H groups in total. The van der Waals surface area contributed by atoms with Gasteiger partial charge in [-0.2, -0.15) is 8.78 Å². The molecular formula is C26H29F4N5O3. The second kappa shape index (κ2) is 10.1. The highest BCUT2D eigenvalue weighted by Crippen LogP contribution is 2.40. The number of imidazole rings is 1. The van der Waals surface area contributed by atoms with Crippen LogP contribution in [0.15, 0.2) is 22.9 Å². The van der Waals surface area contributed by atoms with Crippen LogP contribution in [0, 0.1) is 13.8 Å². The van der Waals surface area contributed by atoms with Crippen molar-refractivity contribution < 1.29 is 31.6 Å². The lowest BCUT2D eigenvalue weighted by Gasteiger charge is -2.31. The van der Waals surface area contributed by atoms with Crippen LogP contribution in [0.1, 0.15) is 43.1 Å². The van der Waals surface area contributed by atoms with Gasteiger partial charge in [-0.15, -0.1) is 0 Å². The molecule has 0 saturated carbocycles. The van der Waals surface area contributed by atoms with Gasteiger partial charge in [-0.05, 0) is 32.9 Å². The third-order valence-electron chi connectivity index (χ3n) is 7.07. The van der Waals surface area contributed by atoms with Gasteiger partial charge in [0.05, 0.1) is 54.8 Å². The monoisotopic (exact) mass is 535 g/mol. The molecule has 0 bridgehead atoms. The first-order valence-corrected chi connectivity index (χ1v) is 12.4. The van der Waals surface area contributed by atoms with E-state index >= 15 is 0 Å². The van der Waals surface area contributed by atoms with Gasteiger partial charge in [0.2, 0.25) is 0 Å². The van der Waals surface area contributed by atoms with Crippen LogP contribution in [0.2, 0.25) is 0 Å². The average Bonchev–Trinajstić information content (AvgIpc) is 3.41. The van der Waals surface area contributed by atoms with Crippen LogP contribution >= 0.6 is 0 Å². The first-order chi connectivity index (χ1) is 18.1. The maximum Gasteiger partial charge on any atom is 0.345 e. The summed E-state index contributed by atoms with van der Waals surface area (Å²) in [5.74, 6) is -0.910. The summed E-state index contributed by atoms with van der Waals surface area (Å²) in [5, 5.41) is 4.76. The summed E-state index contributed by atoms with van der Waals surface area (Å²) in [6, 6.07) is 3.20. The van der Waals surface area contributed by atoms with Crippen molar-refractivity contribution in [2.24, 2.45) is 0 Å². The van der Waals surface area contributed by atoms with Crippen LogP contribution < -0.4 is 4.74 Å². The fourth-order valence-electron chi connectivity index (χ4n) is 5.19. The van der Waals surface area contributed by atoms with Crippen molar-refractivity contribution in [2.45, 2.75) is 58.7 Å². The molecule has 8 nitrogen and oxygen atoms in total. The summed E-state index contributed by atoms with van der Waals surface area (Å²) >= 11 is 0. The number of methoxy groups -OCH3 is 1. The lowest BCUT2D eigenvalue weighted by Crippen LogP contribution is -2.39. The third kappa shape index (κ3) is 4.94. The van der Waals surface area contributed by atoms with E-state index in [1.165, 1.54) is 0 Å². The molecule has 4 aromatic rings. The highest BCUT2D eigenvalue weighted by Gasteiger charge is 2.34. The first kappa shape index (κ1) is 26.4. The van der Waals surface area contributed by atoms with Gasteiger partial charge in [0.1, 0.15) is 22.9 Å². The Kier molecular flexibility index (Phi) is 7.03. The van der Waals surface area contributed by atoms with Crippen LogP contribution in [0.4, 0.5) is 17.6 Å². The van der Waals surface area contributed by atoms with Gasteiger partial charge in [0.25, 0.3) is 5.92 Å². The zero-order chi connectivity index (χ0) is 27.2. The Hall–Kier alpha value is -3.25. The number of nitrogens with zero attached hydrogens (tertiary/aromatic N) is 5. The summed E-state index contributed by atoms with van der Waals surface area (Å²) in [6.45, 7) is 2.96. The molecule has 1 aliphatic heterocycles. The second-order valence-electron chi connectivity index (χ2n) is 9.73. The average molecular weight is 536 g/mol. The smallest absolute Gasteiger partial charge is 0.345 e. The number of piperidine rings is 1. The number of aromatic nitrogens is 4. The van der Waals surface area contributed by atoms with Crippen molar-refractivity contribution in [3.63, 3.8) is 0 Å². The van der Waals surface area contributed by atoms with Gasteiger partial charge in [0, 0.05) is 36.9 Å². The molecule has 1 aliphatic rings. The molecule has 204 valence electrons. The number of hydrogen-bond acceptors (Lipinski definition) is 7. The van der Waals surface area contributed by atoms with Crippen LogP contribution in [-0.2, 0) is 11.3 Å². The van der Waals surface area contributed by atoms with Crippen molar-refractivity contribution >= 4 is 21.9 Å². The highest BCUT2D eigenvalue weighted by molar-refractivity contribution is 6.05. The first-order valence-electron chi connectivity index (χ1n) is 12.4. The van der Waals surface area contributed by atoms with E-state index in [0.717, 1.165) is 11.1 Å². The number of ether oxygens (including phenoxy) is 2. The highest BCUT2D eigenvalue weighted by atomic mass is 19.3. The Labute approximate surface area is 216 Å². The van der Waals surface area contributed by atoms with Crippen LogP contribution in [-0.4, -0.2) is 63.9 Å². The standard InChI is InChI=1S/C26H29F4N5O3/c1-14(13-37-25(27)28)35-22(12-34-7-5-26(29,30)6-8-34)32-20-11-31-19-9-18(23-15(2)33-38-16(23)3)21(36-4)10-17(19)24(20)35/h9-11,14,25H,5-8,12-13H2,1-4H3/t14-/m0/s1. The number of benzene rings is 1. The number of halogens is 4. The van der Waals surface area contributed by atoms with Crippen LogP contribution in [0.25, 0.3) is 33.1 Å². The predicted molar refractivity (Wildman–Crippen MR) is 133 cm³/mol. The molecule has 1 aromatic carbocycles. The predicted octanol–water partition coefficient (Wildman–Crippen LogP) is 5.90. The molecule has 1 fully saturated rings. The van der Waals surface area contributed by atoms with Crippen molar-refractivity contribution in [2.75, 3.05) is 26.8 Å². The van der Waals surface area contributed by atoms with Gasteiger partial charge in [-0.25, -0.2) is 13.8 Å². The van der Waals surface area contributed by atoms with E-state index < -0.39 is 18.6 Å². The maximum atomic E-state index is 13.7. The Morgan fingerprint density at radius 3 is 2.50 bits per heavy atom. The molecule has 1 atom stereocenters. The van der Waals surface area contributed by atoms with Gasteiger partial charge in [-0.1, -0.05) is 5.16 Å². The number of rotatable bonds is 8. The van der Waals surface area contributed by atoms with E-state index in [1.54, 1.807) is 20.2 Å². The Morgan fingerprint density at radius 1 is 1.13 bits per heavy atom. The Bertz CT molecular complexity index is 1440. The minimum absolute atomic E-state index is 0.214. The van der Waals surface area contributed by atoms with Gasteiger partial charge in [-0.3, -0.25) is 9.88 Å². The largest absolute Gasteiger partial charge is 0.496 e. The molecule has 38 heavy (non-hydrogen) atoms. The molecule has 0 amide bonds. The summed E-state index contributed by atoms with van der Waals surface area (Å²) in [7, 11) is 1.56. The maximum absolute atomic E-state index is 13.7. The Morgan fingerprint density at radius 2 is 1.87 bits per heavy atom. The zero-order valence-corrected chi connectivity index (χ0v) is 21.6. The molecule has 12 heteroatoms. The second-order valence-corrected chi connectivity index (χ2v) is 9.73. The summed E-state index contributed by atoms with van der Waals surface area (Å²) in [6.07, 6.45) is 1.17. The van der Waals surface area contributed by atoms with Crippen LogP contribution in [0.5, 0.6) is 5.75 Å². The van der Waals surface area contributed by atoms with Crippen molar-refractivity contribution in [3.8, 4) is 16.9 Å². The molecule has 3 aromatic heterocycles. The minimum Gasteiger partial charge on any atom is -0.496 e. The molecule has 5 rings (SSSR count). The van der Waals surface area contributed by atoms with E-state index in [2.05, 4.69) is 14.9 Å². The molecule has 0 unspecified atom stereocenters. The lowest BCUT2D eigenvalue weighted by atomic mass is 10.0. The van der Waals surface area contributed by atoms with Gasteiger partial charge < -0.3 is 18.6 Å². The van der Waals surface area contributed by atoms with Crippen molar-refractivity contribution in [3.05, 3.63) is 35.6 Å². The Balaban J connectivity index is 1.66. The van der Waals surface area contributed by atoms with Gasteiger partial charge in [0.15, 0.2) is 0 Å². The lowest BCUT2D eigenvalue weighted by molar-refractivity contribution is -0.135. The summed E-state index contributed by atoms with van der Waals surface area (Å²) in [4.78, 5) is 11.3. The molecule has 0 spiro atoms. The molecular weight excluding hydrogens is 506 g/mol. The molecule has 0 radical (unpaired) electrons. The summed E-state index contributed by atoms with van der Waals surface area (Å²) in [5.41, 5.74) is 4.16. The quantitative estimate of drug-likeness (QED) is 0.260. The normalized spacial score (nSPS) is 17.1. The molecule has 1 saturated heterocycles. The fraction of sp³-hybridized carbons (Fsp3) is 0.500. The third-order valence-corrected chi connectivity index (χ3v) is 7.07. The summed E-state index contributed by atoms with van der Waals surface area (Å²) < 4.78 is 70.9. The number of fused-ring (bicyclic) bond motifs is 3.